The summed E-state index contributed by atoms with van der Waals surface area (Å²) in [7, 11) is 3.26. The monoisotopic (exact) mass is 331 g/mol. The number of halogens is 1. The van der Waals surface area contributed by atoms with Crippen LogP contribution in [0, 0.1) is 0 Å². The lowest BCUT2D eigenvalue weighted by molar-refractivity contribution is 0.185. The second-order valence-electron chi connectivity index (χ2n) is 4.27. The Bertz CT molecular complexity index is 501. The van der Waals surface area contributed by atoms with Crippen LogP contribution in [-0.2, 0) is 11.8 Å². The normalized spacial score (nSPS) is 12.0. The highest BCUT2D eigenvalue weighted by atomic mass is 79.9. The van der Waals surface area contributed by atoms with Gasteiger partial charge < -0.3 is 19.9 Å². The van der Waals surface area contributed by atoms with E-state index in [0.29, 0.717) is 16.8 Å². The Balaban J connectivity index is 2.62. The van der Waals surface area contributed by atoms with Crippen molar-refractivity contribution >= 4 is 27.6 Å². The molecular weight excluding hydrogens is 314 g/mol. The van der Waals surface area contributed by atoms with Crippen LogP contribution in [0.1, 0.15) is 13.3 Å². The zero-order valence-electron chi connectivity index (χ0n) is 11.2. The molecule has 0 aliphatic heterocycles. The molecule has 1 aromatic rings. The van der Waals surface area contributed by atoms with Crippen LogP contribution in [0.25, 0.3) is 0 Å². The van der Waals surface area contributed by atoms with Crippen LogP contribution in [0.15, 0.2) is 21.5 Å². The summed E-state index contributed by atoms with van der Waals surface area (Å²) >= 11 is 3.30. The molecule has 0 bridgehead atoms. The van der Waals surface area contributed by atoms with E-state index >= 15 is 0 Å². The van der Waals surface area contributed by atoms with Crippen molar-refractivity contribution < 1.29 is 9.53 Å². The van der Waals surface area contributed by atoms with E-state index in [1.165, 1.54) is 10.6 Å². The lowest BCUT2D eigenvalue weighted by Gasteiger charge is -2.15. The van der Waals surface area contributed by atoms with Crippen molar-refractivity contribution in [3.05, 3.63) is 27.1 Å². The predicted molar refractivity (Wildman–Crippen MR) is 77.5 cm³/mol. The van der Waals surface area contributed by atoms with Gasteiger partial charge in [0.15, 0.2) is 0 Å². The lowest BCUT2D eigenvalue weighted by atomic mass is 10.2. The minimum absolute atomic E-state index is 0.00901. The van der Waals surface area contributed by atoms with E-state index in [0.717, 1.165) is 6.42 Å². The molecule has 7 heteroatoms. The SMILES string of the molecule is COCCC(C)NC(=O)Nc1cc(=O)n(C)cc1Br. The van der Waals surface area contributed by atoms with Crippen molar-refractivity contribution in [1.29, 1.82) is 0 Å². The maximum atomic E-state index is 11.7. The molecule has 1 heterocycles. The summed E-state index contributed by atoms with van der Waals surface area (Å²) in [6, 6.07) is 1.01. The Labute approximate surface area is 120 Å². The average molecular weight is 332 g/mol. The van der Waals surface area contributed by atoms with Gasteiger partial charge in [-0.15, -0.1) is 0 Å². The molecule has 6 nitrogen and oxygen atoms in total. The number of ether oxygens (including phenoxy) is 1. The van der Waals surface area contributed by atoms with Crippen LogP contribution < -0.4 is 16.2 Å². The molecule has 1 aromatic heterocycles. The molecule has 0 aliphatic carbocycles. The van der Waals surface area contributed by atoms with Gasteiger partial charge in [-0.2, -0.15) is 0 Å². The maximum absolute atomic E-state index is 11.7. The number of carbonyl (C=O) groups is 1. The average Bonchev–Trinajstić information content (AvgIpc) is 2.33. The van der Waals surface area contributed by atoms with Gasteiger partial charge in [-0.1, -0.05) is 0 Å². The molecule has 0 fully saturated rings. The topological polar surface area (TPSA) is 72.4 Å². The fourth-order valence-electron chi connectivity index (χ4n) is 1.44. The van der Waals surface area contributed by atoms with Crippen molar-refractivity contribution in [1.82, 2.24) is 9.88 Å². The Kier molecular flexibility index (Phi) is 6.04. The third-order valence-electron chi connectivity index (χ3n) is 2.56. The Hall–Kier alpha value is -1.34. The van der Waals surface area contributed by atoms with E-state index < -0.39 is 0 Å². The molecule has 0 aromatic carbocycles. The minimum Gasteiger partial charge on any atom is -0.385 e. The van der Waals surface area contributed by atoms with Gasteiger partial charge >= 0.3 is 6.03 Å². The van der Waals surface area contributed by atoms with Gasteiger partial charge in [0.25, 0.3) is 5.56 Å². The van der Waals surface area contributed by atoms with Crippen LogP contribution >= 0.6 is 15.9 Å². The summed E-state index contributed by atoms with van der Waals surface area (Å²) in [6.07, 6.45) is 2.33. The number of carbonyl (C=O) groups excluding carboxylic acids is 1. The molecular formula is C12H18BrN3O3. The van der Waals surface area contributed by atoms with E-state index in [9.17, 15) is 9.59 Å². The number of pyridine rings is 1. The van der Waals surface area contributed by atoms with Crippen LogP contribution in [0.4, 0.5) is 10.5 Å². The number of nitrogens with one attached hydrogen (secondary N) is 2. The third kappa shape index (κ3) is 5.04. The second kappa shape index (κ2) is 7.30. The van der Waals surface area contributed by atoms with Crippen LogP contribution in [0.5, 0.6) is 0 Å². The molecule has 2 amide bonds. The van der Waals surface area contributed by atoms with Gasteiger partial charge in [0.2, 0.25) is 0 Å². The molecule has 0 saturated heterocycles. The number of aryl methyl sites for hydroxylation is 1. The summed E-state index contributed by atoms with van der Waals surface area (Å²) in [5.41, 5.74) is 0.255. The molecule has 0 aliphatic rings. The van der Waals surface area contributed by atoms with E-state index in [1.54, 1.807) is 20.4 Å². The Morgan fingerprint density at radius 3 is 2.89 bits per heavy atom. The first-order valence-corrected chi connectivity index (χ1v) is 6.66. The van der Waals surface area contributed by atoms with Crippen LogP contribution in [-0.4, -0.2) is 30.4 Å². The standard InChI is InChI=1S/C12H18BrN3O3/c1-8(4-5-19-3)14-12(18)15-10-6-11(17)16(2)7-9(10)13/h6-8H,4-5H2,1-3H3,(H2,14,15,18). The molecule has 1 unspecified atom stereocenters. The van der Waals surface area contributed by atoms with Crippen molar-refractivity contribution in [3.63, 3.8) is 0 Å². The van der Waals surface area contributed by atoms with Gasteiger partial charge in [0, 0.05) is 39.1 Å². The van der Waals surface area contributed by atoms with Crippen molar-refractivity contribution in [2.24, 2.45) is 7.05 Å². The number of anilines is 1. The molecule has 106 valence electrons. The molecule has 2 N–H and O–H groups in total. The smallest absolute Gasteiger partial charge is 0.319 e. The number of methoxy groups -OCH3 is 1. The number of aromatic nitrogens is 1. The van der Waals surface area contributed by atoms with Crippen molar-refractivity contribution in [3.8, 4) is 0 Å². The van der Waals surface area contributed by atoms with Crippen molar-refractivity contribution in [2.75, 3.05) is 19.0 Å². The molecule has 1 rings (SSSR count). The number of hydrogen-bond donors (Lipinski definition) is 2. The molecule has 0 radical (unpaired) electrons. The maximum Gasteiger partial charge on any atom is 0.319 e. The highest BCUT2D eigenvalue weighted by Gasteiger charge is 2.10. The molecule has 1 atom stereocenters. The highest BCUT2D eigenvalue weighted by Crippen LogP contribution is 2.19. The summed E-state index contributed by atoms with van der Waals surface area (Å²) < 4.78 is 7.01. The van der Waals surface area contributed by atoms with E-state index in [1.807, 2.05) is 6.92 Å². The summed E-state index contributed by atoms with van der Waals surface area (Å²) in [5.74, 6) is 0. The number of hydrogen-bond acceptors (Lipinski definition) is 3. The van der Waals surface area contributed by atoms with Crippen molar-refractivity contribution in [2.45, 2.75) is 19.4 Å². The number of nitrogens with zero attached hydrogens (tertiary/aromatic N) is 1. The van der Waals surface area contributed by atoms with Crippen LogP contribution in [0.3, 0.4) is 0 Å². The lowest BCUT2D eigenvalue weighted by Crippen LogP contribution is -2.37. The quantitative estimate of drug-likeness (QED) is 0.862. The van der Waals surface area contributed by atoms with Gasteiger partial charge in [-0.3, -0.25) is 4.79 Å². The molecule has 19 heavy (non-hydrogen) atoms. The number of urea groups is 1. The predicted octanol–water partition coefficient (Wildman–Crippen LogP) is 1.69. The summed E-state index contributed by atoms with van der Waals surface area (Å²) in [6.45, 7) is 2.47. The fraction of sp³-hybridized carbons (Fsp3) is 0.500. The minimum atomic E-state index is -0.349. The van der Waals surface area contributed by atoms with E-state index in [-0.39, 0.29) is 17.6 Å². The Morgan fingerprint density at radius 2 is 2.26 bits per heavy atom. The second-order valence-corrected chi connectivity index (χ2v) is 5.12. The number of amides is 2. The molecule has 0 saturated carbocycles. The first-order valence-electron chi connectivity index (χ1n) is 5.86. The zero-order valence-corrected chi connectivity index (χ0v) is 12.8. The van der Waals surface area contributed by atoms with Gasteiger partial charge in [0.1, 0.15) is 0 Å². The third-order valence-corrected chi connectivity index (χ3v) is 3.19. The first-order chi connectivity index (χ1) is 8.93. The first kappa shape index (κ1) is 15.7. The highest BCUT2D eigenvalue weighted by molar-refractivity contribution is 9.10. The zero-order chi connectivity index (χ0) is 14.4. The summed E-state index contributed by atoms with van der Waals surface area (Å²) in [5, 5.41) is 5.40. The fourth-order valence-corrected chi connectivity index (χ4v) is 1.96. The number of rotatable bonds is 5. The van der Waals surface area contributed by atoms with Gasteiger partial charge in [-0.05, 0) is 29.3 Å². The van der Waals surface area contributed by atoms with Gasteiger partial charge in [-0.25, -0.2) is 4.79 Å². The molecule has 0 spiro atoms. The Morgan fingerprint density at radius 1 is 1.58 bits per heavy atom. The summed E-state index contributed by atoms with van der Waals surface area (Å²) in [4.78, 5) is 23.2. The van der Waals surface area contributed by atoms with Crippen LogP contribution in [0.2, 0.25) is 0 Å². The van der Waals surface area contributed by atoms with E-state index in [2.05, 4.69) is 26.6 Å². The largest absolute Gasteiger partial charge is 0.385 e. The van der Waals surface area contributed by atoms with E-state index in [4.69, 9.17) is 4.74 Å². The van der Waals surface area contributed by atoms with Gasteiger partial charge in [0.05, 0.1) is 10.2 Å².